The summed E-state index contributed by atoms with van der Waals surface area (Å²) >= 11 is 0. The van der Waals surface area contributed by atoms with Crippen LogP contribution < -0.4 is 4.74 Å². The number of nitrogens with zero attached hydrogens (tertiary/aromatic N) is 1. The molecule has 0 unspecified atom stereocenters. The van der Waals surface area contributed by atoms with Gasteiger partial charge in [-0.25, -0.2) is 13.8 Å². The van der Waals surface area contributed by atoms with Gasteiger partial charge in [-0.15, -0.1) is 0 Å². The van der Waals surface area contributed by atoms with Gasteiger partial charge in [0.15, 0.2) is 11.6 Å². The van der Waals surface area contributed by atoms with Crippen molar-refractivity contribution in [3.8, 4) is 17.2 Å². The quantitative estimate of drug-likeness (QED) is 0.721. The number of hydrogen-bond acceptors (Lipinski definition) is 3. The van der Waals surface area contributed by atoms with Gasteiger partial charge >= 0.3 is 0 Å². The number of hydrogen-bond donors (Lipinski definition) is 0. The lowest BCUT2D eigenvalue weighted by Gasteiger charge is -2.04. The Bertz CT molecular complexity index is 755. The maximum atomic E-state index is 13.4. The second-order valence-electron chi connectivity index (χ2n) is 4.37. The van der Waals surface area contributed by atoms with E-state index in [1.54, 1.807) is 24.3 Å². The average Bonchev–Trinajstić information content (AvgIpc) is 2.95. The van der Waals surface area contributed by atoms with Crippen LogP contribution in [0.5, 0.6) is 5.75 Å². The van der Waals surface area contributed by atoms with Crippen LogP contribution in [0.1, 0.15) is 5.69 Å². The lowest BCUT2D eigenvalue weighted by Crippen LogP contribution is -1.97. The molecule has 0 aliphatic carbocycles. The topological polar surface area (TPSA) is 35.3 Å². The van der Waals surface area contributed by atoms with Gasteiger partial charge < -0.3 is 9.15 Å². The molecule has 0 saturated carbocycles. The van der Waals surface area contributed by atoms with Crippen LogP contribution in [0, 0.1) is 11.6 Å². The van der Waals surface area contributed by atoms with Crippen molar-refractivity contribution in [2.24, 2.45) is 0 Å². The molecular weight excluding hydrogens is 276 g/mol. The van der Waals surface area contributed by atoms with Crippen LogP contribution in [0.3, 0.4) is 0 Å². The van der Waals surface area contributed by atoms with Crippen molar-refractivity contribution in [3.05, 3.63) is 72.1 Å². The van der Waals surface area contributed by atoms with E-state index in [2.05, 4.69) is 4.98 Å². The van der Waals surface area contributed by atoms with Crippen LogP contribution in [-0.4, -0.2) is 4.98 Å². The summed E-state index contributed by atoms with van der Waals surface area (Å²) in [7, 11) is 0. The fourth-order valence-corrected chi connectivity index (χ4v) is 1.84. The van der Waals surface area contributed by atoms with Crippen LogP contribution in [0.15, 0.2) is 59.2 Å². The van der Waals surface area contributed by atoms with Gasteiger partial charge in [0.2, 0.25) is 5.89 Å². The highest BCUT2D eigenvalue weighted by molar-refractivity contribution is 5.52. The van der Waals surface area contributed by atoms with E-state index in [1.807, 2.05) is 0 Å². The molecule has 2 aromatic carbocycles. The summed E-state index contributed by atoms with van der Waals surface area (Å²) in [6, 6.07) is 12.0. The molecular formula is C16H11F2NO2. The van der Waals surface area contributed by atoms with E-state index in [4.69, 9.17) is 9.15 Å². The summed E-state index contributed by atoms with van der Waals surface area (Å²) < 4.78 is 37.1. The fourth-order valence-electron chi connectivity index (χ4n) is 1.84. The van der Waals surface area contributed by atoms with E-state index >= 15 is 0 Å². The minimum absolute atomic E-state index is 0.0692. The number of ether oxygens (including phenoxy) is 1. The number of oxazole rings is 1. The van der Waals surface area contributed by atoms with Crippen molar-refractivity contribution >= 4 is 0 Å². The molecule has 106 valence electrons. The van der Waals surface area contributed by atoms with E-state index in [-0.39, 0.29) is 18.2 Å². The van der Waals surface area contributed by atoms with Crippen LogP contribution in [0.4, 0.5) is 8.78 Å². The van der Waals surface area contributed by atoms with Gasteiger partial charge in [-0.2, -0.15) is 0 Å². The van der Waals surface area contributed by atoms with Crippen LogP contribution in [-0.2, 0) is 6.61 Å². The fraction of sp³-hybridized carbons (Fsp3) is 0.0625. The standard InChI is InChI=1S/C16H11F2NO2/c17-12-5-3-4-11(8-12)16-19-13(10-21-16)9-20-15-7-2-1-6-14(15)18/h1-8,10H,9H2. The summed E-state index contributed by atoms with van der Waals surface area (Å²) in [4.78, 5) is 4.19. The third-order valence-electron chi connectivity index (χ3n) is 2.84. The lowest BCUT2D eigenvalue weighted by molar-refractivity contribution is 0.285. The number of para-hydroxylation sites is 1. The SMILES string of the molecule is Fc1cccc(-c2nc(COc3ccccc3F)co2)c1. The van der Waals surface area contributed by atoms with E-state index < -0.39 is 5.82 Å². The van der Waals surface area contributed by atoms with Gasteiger partial charge in [-0.05, 0) is 30.3 Å². The molecule has 0 aliphatic rings. The highest BCUT2D eigenvalue weighted by Crippen LogP contribution is 2.21. The molecule has 0 bridgehead atoms. The van der Waals surface area contributed by atoms with Gasteiger partial charge in [-0.1, -0.05) is 18.2 Å². The molecule has 3 rings (SSSR count). The highest BCUT2D eigenvalue weighted by atomic mass is 19.1. The molecule has 0 saturated heterocycles. The molecule has 0 amide bonds. The highest BCUT2D eigenvalue weighted by Gasteiger charge is 2.09. The Balaban J connectivity index is 1.72. The molecule has 0 atom stereocenters. The zero-order valence-electron chi connectivity index (χ0n) is 10.9. The van der Waals surface area contributed by atoms with E-state index in [0.29, 0.717) is 17.1 Å². The molecule has 0 spiro atoms. The van der Waals surface area contributed by atoms with Gasteiger partial charge in [0.05, 0.1) is 0 Å². The van der Waals surface area contributed by atoms with Crippen molar-refractivity contribution in [1.82, 2.24) is 4.98 Å². The first-order valence-corrected chi connectivity index (χ1v) is 6.30. The predicted molar refractivity (Wildman–Crippen MR) is 72.6 cm³/mol. The average molecular weight is 287 g/mol. The molecule has 0 N–H and O–H groups in total. The van der Waals surface area contributed by atoms with Crippen molar-refractivity contribution in [2.75, 3.05) is 0 Å². The molecule has 1 heterocycles. The molecule has 1 aromatic heterocycles. The van der Waals surface area contributed by atoms with E-state index in [1.165, 1.54) is 30.5 Å². The number of benzene rings is 2. The van der Waals surface area contributed by atoms with Crippen LogP contribution in [0.25, 0.3) is 11.5 Å². The monoisotopic (exact) mass is 287 g/mol. The van der Waals surface area contributed by atoms with Gasteiger partial charge in [-0.3, -0.25) is 0 Å². The Morgan fingerprint density at radius 3 is 2.71 bits per heavy atom. The third-order valence-corrected chi connectivity index (χ3v) is 2.84. The second kappa shape index (κ2) is 5.75. The smallest absolute Gasteiger partial charge is 0.226 e. The maximum absolute atomic E-state index is 13.4. The van der Waals surface area contributed by atoms with Gasteiger partial charge in [0.1, 0.15) is 24.4 Å². The Morgan fingerprint density at radius 1 is 1.05 bits per heavy atom. The van der Waals surface area contributed by atoms with Crippen molar-refractivity contribution in [3.63, 3.8) is 0 Å². The Kier molecular flexibility index (Phi) is 3.64. The molecule has 3 nitrogen and oxygen atoms in total. The number of halogens is 2. The zero-order chi connectivity index (χ0) is 14.7. The summed E-state index contributed by atoms with van der Waals surface area (Å²) in [6.07, 6.45) is 1.40. The normalized spacial score (nSPS) is 10.6. The molecule has 21 heavy (non-hydrogen) atoms. The van der Waals surface area contributed by atoms with Crippen LogP contribution >= 0.6 is 0 Å². The molecule has 3 aromatic rings. The summed E-state index contributed by atoms with van der Waals surface area (Å²) in [6.45, 7) is 0.0692. The van der Waals surface area contributed by atoms with Crippen molar-refractivity contribution < 1.29 is 17.9 Å². The van der Waals surface area contributed by atoms with Gasteiger partial charge in [0.25, 0.3) is 0 Å². The molecule has 5 heteroatoms. The lowest BCUT2D eigenvalue weighted by atomic mass is 10.2. The Morgan fingerprint density at radius 2 is 1.90 bits per heavy atom. The zero-order valence-corrected chi connectivity index (χ0v) is 10.9. The van der Waals surface area contributed by atoms with Crippen molar-refractivity contribution in [2.45, 2.75) is 6.61 Å². The Labute approximate surface area is 119 Å². The summed E-state index contributed by atoms with van der Waals surface area (Å²) in [5.74, 6) is -0.365. The second-order valence-corrected chi connectivity index (χ2v) is 4.37. The largest absolute Gasteiger partial charge is 0.484 e. The first-order valence-electron chi connectivity index (χ1n) is 6.30. The maximum Gasteiger partial charge on any atom is 0.226 e. The summed E-state index contributed by atoms with van der Waals surface area (Å²) in [5, 5.41) is 0. The minimum atomic E-state index is -0.439. The van der Waals surface area contributed by atoms with E-state index in [9.17, 15) is 8.78 Å². The predicted octanol–water partition coefficient (Wildman–Crippen LogP) is 4.20. The Hall–Kier alpha value is -2.69. The summed E-state index contributed by atoms with van der Waals surface area (Å²) in [5.41, 5.74) is 1.03. The first kappa shape index (κ1) is 13.3. The number of aromatic nitrogens is 1. The number of rotatable bonds is 4. The molecule has 0 fully saturated rings. The third kappa shape index (κ3) is 3.08. The van der Waals surface area contributed by atoms with E-state index in [0.717, 1.165) is 0 Å². The van der Waals surface area contributed by atoms with Gasteiger partial charge in [0, 0.05) is 5.56 Å². The van der Waals surface area contributed by atoms with Crippen molar-refractivity contribution in [1.29, 1.82) is 0 Å². The van der Waals surface area contributed by atoms with Crippen LogP contribution in [0.2, 0.25) is 0 Å². The minimum Gasteiger partial charge on any atom is -0.484 e. The first-order chi connectivity index (χ1) is 10.2. The molecule has 0 radical (unpaired) electrons. The molecule has 0 aliphatic heterocycles.